The van der Waals surface area contributed by atoms with Crippen LogP contribution in [0.4, 0.5) is 17.1 Å². The van der Waals surface area contributed by atoms with Crippen LogP contribution >= 0.6 is 0 Å². The number of aromatic nitrogens is 2. The van der Waals surface area contributed by atoms with Crippen molar-refractivity contribution in [1.29, 1.82) is 0 Å². The van der Waals surface area contributed by atoms with Gasteiger partial charge in [-0.3, -0.25) is 0 Å². The Balaban J connectivity index is 1.03. The highest BCUT2D eigenvalue weighted by molar-refractivity contribution is 6.16. The highest BCUT2D eigenvalue weighted by Crippen LogP contribution is 2.44. The molecule has 0 saturated heterocycles. The van der Waals surface area contributed by atoms with Crippen molar-refractivity contribution in [2.75, 3.05) is 4.90 Å². The molecular weight excluding hydrogens is 695 g/mol. The van der Waals surface area contributed by atoms with Crippen LogP contribution < -0.4 is 4.90 Å². The number of hydrogen-bond acceptors (Lipinski definition) is 3. The second kappa shape index (κ2) is 13.6. The van der Waals surface area contributed by atoms with Gasteiger partial charge in [-0.15, -0.1) is 0 Å². The Bertz CT molecular complexity index is 3200. The fourth-order valence-electron chi connectivity index (χ4n) is 8.31. The van der Waals surface area contributed by atoms with Crippen molar-refractivity contribution >= 4 is 60.7 Å². The molecule has 0 atom stereocenters. The topological polar surface area (TPSA) is 34.2 Å². The van der Waals surface area contributed by atoms with Gasteiger partial charge >= 0.3 is 0 Å². The van der Waals surface area contributed by atoms with Crippen molar-refractivity contribution in [3.05, 3.63) is 212 Å². The van der Waals surface area contributed by atoms with Crippen LogP contribution in [0, 0.1) is 0 Å². The van der Waals surface area contributed by atoms with E-state index in [4.69, 9.17) is 9.40 Å². The molecule has 268 valence electrons. The number of benzene rings is 9. The van der Waals surface area contributed by atoms with Gasteiger partial charge < -0.3 is 13.9 Å². The van der Waals surface area contributed by atoms with E-state index in [9.17, 15) is 0 Å². The van der Waals surface area contributed by atoms with Gasteiger partial charge in [0.1, 0.15) is 5.52 Å². The number of rotatable bonds is 7. The number of oxazole rings is 1. The Morgan fingerprint density at radius 1 is 0.421 bits per heavy atom. The van der Waals surface area contributed by atoms with Crippen LogP contribution in [0.3, 0.4) is 0 Å². The summed E-state index contributed by atoms with van der Waals surface area (Å²) in [7, 11) is 0. The van der Waals surface area contributed by atoms with Crippen LogP contribution in [0.2, 0.25) is 0 Å². The third-order valence-electron chi connectivity index (χ3n) is 11.0. The molecule has 57 heavy (non-hydrogen) atoms. The zero-order valence-corrected chi connectivity index (χ0v) is 31.0. The van der Waals surface area contributed by atoms with Crippen LogP contribution in [0.5, 0.6) is 0 Å². The van der Waals surface area contributed by atoms with E-state index in [1.54, 1.807) is 0 Å². The normalized spacial score (nSPS) is 11.5. The predicted octanol–water partition coefficient (Wildman–Crippen LogP) is 14.5. The zero-order valence-electron chi connectivity index (χ0n) is 31.0. The molecule has 4 nitrogen and oxygen atoms in total. The quantitative estimate of drug-likeness (QED) is 0.164. The Hall–Kier alpha value is -7.69. The standard InChI is InChI=1S/C53H35N3O/c1-4-13-36(14-5-1)37-23-29-43(30-24-37)55(48-21-12-22-49-51(48)46-19-10-11-20-47(46)56(49)42-17-8-3-9-18-42)44-31-25-38(26-32-44)40-27-33-45-41(35-40)28-34-50-52(45)54-53(57-50)39-15-6-2-7-16-39/h1-35H. The molecule has 0 aliphatic carbocycles. The summed E-state index contributed by atoms with van der Waals surface area (Å²) in [6.45, 7) is 0. The molecular formula is C53H35N3O. The number of nitrogens with zero attached hydrogens (tertiary/aromatic N) is 3. The van der Waals surface area contributed by atoms with Gasteiger partial charge in [0.15, 0.2) is 5.58 Å². The SMILES string of the molecule is c1ccc(-c2ccc(N(c3ccc(-c4ccc5c(ccc6oc(-c7ccccc7)nc65)c4)cc3)c3cccc4c3c3ccccc3n4-c3ccccc3)cc2)cc1. The third kappa shape index (κ3) is 5.66. The van der Waals surface area contributed by atoms with E-state index < -0.39 is 0 Å². The predicted molar refractivity (Wildman–Crippen MR) is 237 cm³/mol. The van der Waals surface area contributed by atoms with Crippen molar-refractivity contribution in [2.45, 2.75) is 0 Å². The first kappa shape index (κ1) is 32.7. The number of hydrogen-bond donors (Lipinski definition) is 0. The lowest BCUT2D eigenvalue weighted by molar-refractivity contribution is 0.620. The summed E-state index contributed by atoms with van der Waals surface area (Å²) in [5.74, 6) is 0.636. The fraction of sp³-hybridized carbons (Fsp3) is 0. The first-order valence-corrected chi connectivity index (χ1v) is 19.3. The third-order valence-corrected chi connectivity index (χ3v) is 11.0. The second-order valence-corrected chi connectivity index (χ2v) is 14.4. The molecule has 9 aromatic carbocycles. The van der Waals surface area contributed by atoms with E-state index in [1.807, 2.05) is 36.4 Å². The van der Waals surface area contributed by atoms with Crippen LogP contribution in [0.15, 0.2) is 217 Å². The van der Waals surface area contributed by atoms with Crippen LogP contribution in [0.1, 0.15) is 0 Å². The zero-order chi connectivity index (χ0) is 37.7. The van der Waals surface area contributed by atoms with E-state index in [-0.39, 0.29) is 0 Å². The number of fused-ring (bicyclic) bond motifs is 6. The summed E-state index contributed by atoms with van der Waals surface area (Å²) in [6.07, 6.45) is 0. The molecule has 4 heteroatoms. The summed E-state index contributed by atoms with van der Waals surface area (Å²) in [5.41, 5.74) is 14.1. The van der Waals surface area contributed by atoms with E-state index >= 15 is 0 Å². The van der Waals surface area contributed by atoms with Crippen LogP contribution in [-0.4, -0.2) is 9.55 Å². The van der Waals surface area contributed by atoms with Crippen molar-refractivity contribution in [2.24, 2.45) is 0 Å². The lowest BCUT2D eigenvalue weighted by Crippen LogP contribution is -2.10. The summed E-state index contributed by atoms with van der Waals surface area (Å²) < 4.78 is 8.55. The maximum atomic E-state index is 6.17. The highest BCUT2D eigenvalue weighted by atomic mass is 16.3. The Kier molecular flexibility index (Phi) is 7.78. The summed E-state index contributed by atoms with van der Waals surface area (Å²) in [5, 5.41) is 4.62. The molecule has 0 unspecified atom stereocenters. The minimum atomic E-state index is 0.636. The van der Waals surface area contributed by atoms with Gasteiger partial charge in [0, 0.05) is 38.8 Å². The summed E-state index contributed by atoms with van der Waals surface area (Å²) in [6, 6.07) is 75.3. The second-order valence-electron chi connectivity index (χ2n) is 14.4. The molecule has 2 heterocycles. The van der Waals surface area contributed by atoms with Gasteiger partial charge in [0.05, 0.1) is 16.7 Å². The summed E-state index contributed by atoms with van der Waals surface area (Å²) in [4.78, 5) is 7.31. The first-order valence-electron chi connectivity index (χ1n) is 19.3. The maximum Gasteiger partial charge on any atom is 0.227 e. The van der Waals surface area contributed by atoms with Gasteiger partial charge in [-0.25, -0.2) is 4.98 Å². The van der Waals surface area contributed by atoms with Crippen molar-refractivity contribution in [3.8, 4) is 39.4 Å². The van der Waals surface area contributed by atoms with E-state index in [1.165, 1.54) is 27.4 Å². The van der Waals surface area contributed by atoms with Crippen LogP contribution in [0.25, 0.3) is 83.1 Å². The largest absolute Gasteiger partial charge is 0.436 e. The van der Waals surface area contributed by atoms with Crippen molar-refractivity contribution in [3.63, 3.8) is 0 Å². The van der Waals surface area contributed by atoms with Crippen molar-refractivity contribution < 1.29 is 4.42 Å². The van der Waals surface area contributed by atoms with E-state index in [2.05, 4.69) is 185 Å². The van der Waals surface area contributed by atoms with Gasteiger partial charge in [-0.2, -0.15) is 0 Å². The van der Waals surface area contributed by atoms with E-state index in [0.717, 1.165) is 66.8 Å². The molecule has 0 radical (unpaired) electrons. The molecule has 0 bridgehead atoms. The molecule has 0 aliphatic heterocycles. The summed E-state index contributed by atoms with van der Waals surface area (Å²) >= 11 is 0. The number of para-hydroxylation sites is 2. The molecule has 0 amide bonds. The molecule has 11 rings (SSSR count). The average molecular weight is 730 g/mol. The number of anilines is 3. The first-order chi connectivity index (χ1) is 28.3. The smallest absolute Gasteiger partial charge is 0.227 e. The Labute approximate surface area is 330 Å². The molecule has 11 aromatic rings. The Morgan fingerprint density at radius 2 is 1.00 bits per heavy atom. The van der Waals surface area contributed by atoms with Gasteiger partial charge in [0.25, 0.3) is 0 Å². The lowest BCUT2D eigenvalue weighted by Gasteiger charge is -2.27. The molecule has 0 spiro atoms. The van der Waals surface area contributed by atoms with Gasteiger partial charge in [-0.05, 0) is 107 Å². The average Bonchev–Trinajstić information content (AvgIpc) is 3.88. The maximum absolute atomic E-state index is 6.17. The molecule has 0 N–H and O–H groups in total. The van der Waals surface area contributed by atoms with E-state index in [0.29, 0.717) is 5.89 Å². The molecule has 2 aromatic heterocycles. The van der Waals surface area contributed by atoms with Crippen LogP contribution in [-0.2, 0) is 0 Å². The lowest BCUT2D eigenvalue weighted by atomic mass is 10.00. The molecule has 0 fully saturated rings. The fourth-order valence-corrected chi connectivity index (χ4v) is 8.31. The van der Waals surface area contributed by atoms with Crippen molar-refractivity contribution in [1.82, 2.24) is 9.55 Å². The highest BCUT2D eigenvalue weighted by Gasteiger charge is 2.21. The minimum Gasteiger partial charge on any atom is -0.436 e. The molecule has 0 aliphatic rings. The molecule has 0 saturated carbocycles. The monoisotopic (exact) mass is 729 g/mol. The van der Waals surface area contributed by atoms with Gasteiger partial charge in [-0.1, -0.05) is 133 Å². The Morgan fingerprint density at radius 3 is 1.72 bits per heavy atom. The minimum absolute atomic E-state index is 0.636. The van der Waals surface area contributed by atoms with Gasteiger partial charge in [0.2, 0.25) is 5.89 Å².